The van der Waals surface area contributed by atoms with Gasteiger partial charge in [0, 0.05) is 34.3 Å². The minimum absolute atomic E-state index is 0.0446. The van der Waals surface area contributed by atoms with Crippen LogP contribution < -0.4 is 5.14 Å². The molecule has 0 radical (unpaired) electrons. The van der Waals surface area contributed by atoms with Gasteiger partial charge in [0.1, 0.15) is 6.61 Å². The van der Waals surface area contributed by atoms with Crippen LogP contribution in [0, 0.1) is 0 Å². The number of rotatable bonds is 5. The molecule has 1 aliphatic rings. The fraction of sp³-hybridized carbons (Fsp3) is 0.348. The number of alkyl halides is 1. The van der Waals surface area contributed by atoms with Crippen molar-refractivity contribution in [2.45, 2.75) is 55.4 Å². The summed E-state index contributed by atoms with van der Waals surface area (Å²) >= 11 is 12.7. The first-order valence-electron chi connectivity index (χ1n) is 10.4. The Bertz CT molecular complexity index is 1280. The number of hydrogen-bond donors (Lipinski definition) is 2. The van der Waals surface area contributed by atoms with Gasteiger partial charge in [0.2, 0.25) is 10.0 Å². The first-order chi connectivity index (χ1) is 15.2. The first-order valence-corrected chi connectivity index (χ1v) is 12.8. The molecule has 2 aromatic carbocycles. The van der Waals surface area contributed by atoms with E-state index in [1.165, 1.54) is 6.92 Å². The Morgan fingerprint density at radius 1 is 1.16 bits per heavy atom. The van der Waals surface area contributed by atoms with E-state index in [2.05, 4.69) is 4.98 Å². The molecule has 1 fully saturated rings. The summed E-state index contributed by atoms with van der Waals surface area (Å²) in [5, 5.41) is 7.01. The lowest BCUT2D eigenvalue weighted by atomic mass is 9.83. The van der Waals surface area contributed by atoms with Crippen molar-refractivity contribution in [2.24, 2.45) is 5.14 Å². The minimum atomic E-state index is -4.06. The predicted molar refractivity (Wildman–Crippen MR) is 126 cm³/mol. The van der Waals surface area contributed by atoms with Crippen molar-refractivity contribution in [1.82, 2.24) is 4.98 Å². The zero-order chi connectivity index (χ0) is 23.0. The second-order valence-electron chi connectivity index (χ2n) is 8.14. The number of aromatic amines is 1. The van der Waals surface area contributed by atoms with Crippen molar-refractivity contribution in [2.75, 3.05) is 0 Å². The number of nitrogens with two attached hydrogens (primary N) is 1. The average Bonchev–Trinajstić information content (AvgIpc) is 3.11. The third-order valence-electron chi connectivity index (χ3n) is 5.99. The predicted octanol–water partition coefficient (Wildman–Crippen LogP) is 5.46. The van der Waals surface area contributed by atoms with Crippen molar-refractivity contribution < 1.29 is 17.9 Å². The molecule has 1 heterocycles. The van der Waals surface area contributed by atoms with Crippen molar-refractivity contribution in [3.05, 3.63) is 52.5 Å². The number of carbonyl (C=O) groups is 1. The molecule has 0 amide bonds. The summed E-state index contributed by atoms with van der Waals surface area (Å²) < 4.78 is 31.0. The largest absolute Gasteiger partial charge is 0.461 e. The number of halogens is 2. The third-order valence-corrected chi connectivity index (χ3v) is 7.77. The van der Waals surface area contributed by atoms with E-state index in [0.717, 1.165) is 25.7 Å². The molecule has 170 valence electrons. The maximum absolute atomic E-state index is 12.8. The number of carbonyl (C=O) groups excluding carboxylic acids is 1. The summed E-state index contributed by atoms with van der Waals surface area (Å²) in [5.74, 6) is -0.404. The first kappa shape index (κ1) is 23.1. The number of ether oxygens (including phenoxy) is 1. The quantitative estimate of drug-likeness (QED) is 0.362. The molecular weight excluding hydrogens is 471 g/mol. The molecule has 4 rings (SSSR count). The number of primary sulfonamides is 1. The molecule has 32 heavy (non-hydrogen) atoms. The zero-order valence-electron chi connectivity index (χ0n) is 17.5. The van der Waals surface area contributed by atoms with Crippen molar-refractivity contribution in [1.29, 1.82) is 0 Å². The van der Waals surface area contributed by atoms with Crippen LogP contribution in [-0.2, 0) is 26.2 Å². The van der Waals surface area contributed by atoms with Gasteiger partial charge in [0.15, 0.2) is 0 Å². The topological polar surface area (TPSA) is 102 Å². The molecule has 0 bridgehead atoms. The highest BCUT2D eigenvalue weighted by Crippen LogP contribution is 2.43. The number of hydrogen-bond acceptors (Lipinski definition) is 4. The highest BCUT2D eigenvalue weighted by Gasteiger charge is 2.30. The van der Waals surface area contributed by atoms with E-state index in [9.17, 15) is 13.2 Å². The van der Waals surface area contributed by atoms with E-state index in [1.807, 2.05) is 18.2 Å². The standard InChI is InChI=1S/C23H24Cl2N2O4S/c1-13(28)31-12-18-21-19(25)6-3-7-20(21)27-22(18)17-5-2-4-16(23(17)32(26,29)30)14-8-10-15(24)11-9-14/h2-7,14-15,27H,8-12H2,1H3,(H2,26,29,30). The second kappa shape index (κ2) is 9.06. The van der Waals surface area contributed by atoms with Gasteiger partial charge >= 0.3 is 5.97 Å². The van der Waals surface area contributed by atoms with Crippen LogP contribution in [0.25, 0.3) is 22.2 Å². The molecule has 1 saturated carbocycles. The van der Waals surface area contributed by atoms with E-state index < -0.39 is 16.0 Å². The van der Waals surface area contributed by atoms with Crippen LogP contribution in [-0.4, -0.2) is 24.7 Å². The van der Waals surface area contributed by atoms with E-state index in [1.54, 1.807) is 18.2 Å². The van der Waals surface area contributed by atoms with Crippen LogP contribution in [0.5, 0.6) is 0 Å². The SMILES string of the molecule is CC(=O)OCc1c(-c2cccc(C3CCC(Cl)CC3)c2S(N)(=O)=O)[nH]c2cccc(Cl)c12. The van der Waals surface area contributed by atoms with Crippen molar-refractivity contribution in [3.8, 4) is 11.3 Å². The number of sulfonamides is 1. The van der Waals surface area contributed by atoms with Gasteiger partial charge in [-0.3, -0.25) is 4.79 Å². The molecule has 0 unspecified atom stereocenters. The van der Waals surface area contributed by atoms with Gasteiger partial charge in [0.25, 0.3) is 0 Å². The molecule has 0 aliphatic heterocycles. The van der Waals surface area contributed by atoms with E-state index in [-0.39, 0.29) is 22.8 Å². The molecule has 1 aromatic heterocycles. The molecule has 3 N–H and O–H groups in total. The van der Waals surface area contributed by atoms with E-state index in [4.69, 9.17) is 33.1 Å². The summed E-state index contributed by atoms with van der Waals surface area (Å²) in [4.78, 5) is 14.9. The number of H-pyrrole nitrogens is 1. The molecule has 0 spiro atoms. The molecular formula is C23H24Cl2N2O4S. The monoisotopic (exact) mass is 494 g/mol. The number of esters is 1. The molecule has 9 heteroatoms. The normalized spacial score (nSPS) is 19.2. The van der Waals surface area contributed by atoms with Crippen LogP contribution in [0.4, 0.5) is 0 Å². The van der Waals surface area contributed by atoms with E-state index in [0.29, 0.717) is 38.3 Å². The van der Waals surface area contributed by atoms with Gasteiger partial charge in [-0.05, 0) is 49.3 Å². The second-order valence-corrected chi connectivity index (χ2v) is 10.7. The molecule has 6 nitrogen and oxygen atoms in total. The van der Waals surface area contributed by atoms with Gasteiger partial charge in [-0.2, -0.15) is 0 Å². The average molecular weight is 495 g/mol. The molecule has 0 saturated heterocycles. The van der Waals surface area contributed by atoms with Gasteiger partial charge in [-0.1, -0.05) is 35.9 Å². The number of aromatic nitrogens is 1. The van der Waals surface area contributed by atoms with Gasteiger partial charge in [-0.25, -0.2) is 13.6 Å². The lowest BCUT2D eigenvalue weighted by Crippen LogP contribution is -2.20. The van der Waals surface area contributed by atoms with E-state index >= 15 is 0 Å². The van der Waals surface area contributed by atoms with Gasteiger partial charge in [-0.15, -0.1) is 11.6 Å². The van der Waals surface area contributed by atoms with Crippen molar-refractivity contribution in [3.63, 3.8) is 0 Å². The van der Waals surface area contributed by atoms with Gasteiger partial charge < -0.3 is 9.72 Å². The maximum Gasteiger partial charge on any atom is 0.302 e. The Morgan fingerprint density at radius 2 is 1.84 bits per heavy atom. The van der Waals surface area contributed by atoms with Crippen LogP contribution in [0.15, 0.2) is 41.3 Å². The zero-order valence-corrected chi connectivity index (χ0v) is 19.9. The summed E-state index contributed by atoms with van der Waals surface area (Å²) in [7, 11) is -4.06. The Morgan fingerprint density at radius 3 is 2.50 bits per heavy atom. The maximum atomic E-state index is 12.8. The number of nitrogens with one attached hydrogen (secondary N) is 1. The number of fused-ring (bicyclic) bond motifs is 1. The van der Waals surface area contributed by atoms with Crippen LogP contribution >= 0.6 is 23.2 Å². The summed E-state index contributed by atoms with van der Waals surface area (Å²) in [6, 6.07) is 10.7. The lowest BCUT2D eigenvalue weighted by molar-refractivity contribution is -0.142. The summed E-state index contributed by atoms with van der Waals surface area (Å²) in [5.41, 5.74) is 2.96. The highest BCUT2D eigenvalue weighted by atomic mass is 35.5. The lowest BCUT2D eigenvalue weighted by Gasteiger charge is -2.27. The molecule has 1 aliphatic carbocycles. The molecule has 0 atom stereocenters. The smallest absolute Gasteiger partial charge is 0.302 e. The summed E-state index contributed by atoms with van der Waals surface area (Å²) in [6.07, 6.45) is 3.22. The Kier molecular flexibility index (Phi) is 6.54. The van der Waals surface area contributed by atoms with Gasteiger partial charge in [0.05, 0.1) is 15.6 Å². The molecule has 3 aromatic rings. The van der Waals surface area contributed by atoms with Crippen molar-refractivity contribution >= 4 is 50.1 Å². The Hall–Kier alpha value is -2.06. The summed E-state index contributed by atoms with van der Waals surface area (Å²) in [6.45, 7) is 1.26. The van der Waals surface area contributed by atoms with Crippen LogP contribution in [0.1, 0.15) is 49.7 Å². The number of benzene rings is 2. The third kappa shape index (κ3) is 4.53. The van der Waals surface area contributed by atoms with Crippen LogP contribution in [0.3, 0.4) is 0 Å². The highest BCUT2D eigenvalue weighted by molar-refractivity contribution is 7.89. The van der Waals surface area contributed by atoms with Crippen LogP contribution in [0.2, 0.25) is 5.02 Å². The minimum Gasteiger partial charge on any atom is -0.461 e. The fourth-order valence-corrected chi connectivity index (χ4v) is 6.15. The fourth-order valence-electron chi connectivity index (χ4n) is 4.57. The Balaban J connectivity index is 1.96. The Labute approximate surface area is 197 Å².